The van der Waals surface area contributed by atoms with Crippen LogP contribution >= 0.6 is 0 Å². The van der Waals surface area contributed by atoms with Gasteiger partial charge in [0.1, 0.15) is 23.6 Å². The highest BCUT2D eigenvalue weighted by molar-refractivity contribution is 5.88. The Morgan fingerprint density at radius 3 is 2.44 bits per heavy atom. The van der Waals surface area contributed by atoms with E-state index in [4.69, 9.17) is 9.47 Å². The molecule has 7 heteroatoms. The molecule has 0 saturated heterocycles. The van der Waals surface area contributed by atoms with Gasteiger partial charge in [0.15, 0.2) is 0 Å². The van der Waals surface area contributed by atoms with Gasteiger partial charge in [-0.1, -0.05) is 30.3 Å². The lowest BCUT2D eigenvalue weighted by Crippen LogP contribution is -2.27. The van der Waals surface area contributed by atoms with Gasteiger partial charge in [-0.25, -0.2) is 4.79 Å². The lowest BCUT2D eigenvalue weighted by molar-refractivity contribution is -0.384. The molecule has 2 rings (SSSR count). The summed E-state index contributed by atoms with van der Waals surface area (Å²) in [5, 5.41) is 13.7. The topological polar surface area (TPSA) is 90.7 Å². The van der Waals surface area contributed by atoms with Gasteiger partial charge in [-0.05, 0) is 38.5 Å². The van der Waals surface area contributed by atoms with Crippen LogP contribution in [0.2, 0.25) is 0 Å². The molecule has 0 heterocycles. The first-order valence-electron chi connectivity index (χ1n) is 7.70. The molecule has 0 aliphatic rings. The fraction of sp³-hybridized carbons (Fsp3) is 0.278. The number of nitro benzene ring substituents is 1. The number of hydrogen-bond donors (Lipinski definition) is 1. The zero-order chi connectivity index (χ0) is 18.4. The minimum absolute atomic E-state index is 0.0475. The van der Waals surface area contributed by atoms with Gasteiger partial charge >= 0.3 is 6.09 Å². The quantitative estimate of drug-likeness (QED) is 0.636. The van der Waals surface area contributed by atoms with Crippen molar-refractivity contribution < 1.29 is 19.2 Å². The van der Waals surface area contributed by atoms with Gasteiger partial charge < -0.3 is 9.47 Å². The summed E-state index contributed by atoms with van der Waals surface area (Å²) in [5.41, 5.74) is 0.0290. The molecule has 0 unspecified atom stereocenters. The van der Waals surface area contributed by atoms with Crippen LogP contribution in [0.3, 0.4) is 0 Å². The number of benzene rings is 2. The largest absolute Gasteiger partial charge is 0.489 e. The van der Waals surface area contributed by atoms with Gasteiger partial charge in [0, 0.05) is 0 Å². The minimum Gasteiger partial charge on any atom is -0.489 e. The fourth-order valence-electron chi connectivity index (χ4n) is 2.01. The van der Waals surface area contributed by atoms with E-state index in [1.54, 1.807) is 26.8 Å². The molecular formula is C18H20N2O5. The molecule has 2 aromatic rings. The van der Waals surface area contributed by atoms with E-state index < -0.39 is 16.6 Å². The smallest absolute Gasteiger partial charge is 0.412 e. The summed E-state index contributed by atoms with van der Waals surface area (Å²) in [5.74, 6) is 0.338. The predicted molar refractivity (Wildman–Crippen MR) is 93.7 cm³/mol. The summed E-state index contributed by atoms with van der Waals surface area (Å²) in [6.07, 6.45) is -0.756. The second kappa shape index (κ2) is 7.65. The Morgan fingerprint density at radius 1 is 1.16 bits per heavy atom. The lowest BCUT2D eigenvalue weighted by atomic mass is 10.2. The number of hydrogen-bond acceptors (Lipinski definition) is 5. The second-order valence-corrected chi connectivity index (χ2v) is 6.34. The Morgan fingerprint density at radius 2 is 1.84 bits per heavy atom. The monoisotopic (exact) mass is 344 g/mol. The second-order valence-electron chi connectivity index (χ2n) is 6.34. The molecule has 2 aromatic carbocycles. The summed E-state index contributed by atoms with van der Waals surface area (Å²) >= 11 is 0. The molecule has 0 aliphatic heterocycles. The molecule has 1 N–H and O–H groups in total. The van der Waals surface area contributed by atoms with E-state index in [9.17, 15) is 14.9 Å². The molecule has 7 nitrogen and oxygen atoms in total. The number of anilines is 1. The van der Waals surface area contributed by atoms with Crippen molar-refractivity contribution in [2.24, 2.45) is 0 Å². The molecule has 0 bridgehead atoms. The molecule has 0 aromatic heterocycles. The van der Waals surface area contributed by atoms with E-state index in [0.29, 0.717) is 5.75 Å². The molecule has 0 saturated carbocycles. The fourth-order valence-corrected chi connectivity index (χ4v) is 2.01. The standard InChI is InChI=1S/C18H20N2O5/c1-18(2,3)25-17(21)19-15-10-9-14(11-16(15)20(22)23)24-12-13-7-5-4-6-8-13/h4-11H,12H2,1-3H3,(H,19,21). The third kappa shape index (κ3) is 5.80. The number of nitrogens with one attached hydrogen (secondary N) is 1. The van der Waals surface area contributed by atoms with Crippen molar-refractivity contribution in [2.45, 2.75) is 33.0 Å². The number of ether oxygens (including phenoxy) is 2. The first-order chi connectivity index (χ1) is 11.7. The molecule has 0 atom stereocenters. The van der Waals surface area contributed by atoms with Crippen LogP contribution in [0.25, 0.3) is 0 Å². The van der Waals surface area contributed by atoms with Crippen LogP contribution in [-0.2, 0) is 11.3 Å². The van der Waals surface area contributed by atoms with Gasteiger partial charge in [0.2, 0.25) is 0 Å². The van der Waals surface area contributed by atoms with Gasteiger partial charge in [-0.3, -0.25) is 15.4 Å². The van der Waals surface area contributed by atoms with Crippen molar-refractivity contribution in [1.82, 2.24) is 0 Å². The van der Waals surface area contributed by atoms with E-state index in [1.165, 1.54) is 12.1 Å². The number of nitro groups is 1. The maximum absolute atomic E-state index is 11.8. The van der Waals surface area contributed by atoms with Crippen LogP contribution in [0.15, 0.2) is 48.5 Å². The first kappa shape index (κ1) is 18.3. The third-order valence-electron chi connectivity index (χ3n) is 3.05. The molecule has 0 radical (unpaired) electrons. The van der Waals surface area contributed by atoms with Crippen LogP contribution in [0.1, 0.15) is 26.3 Å². The van der Waals surface area contributed by atoms with Crippen LogP contribution in [0, 0.1) is 10.1 Å². The average Bonchev–Trinajstić information content (AvgIpc) is 2.53. The zero-order valence-corrected chi connectivity index (χ0v) is 14.3. The van der Waals surface area contributed by atoms with Crippen molar-refractivity contribution >= 4 is 17.5 Å². The Labute approximate surface area is 145 Å². The van der Waals surface area contributed by atoms with Crippen molar-refractivity contribution in [3.05, 3.63) is 64.2 Å². The number of carbonyl (C=O) groups excluding carboxylic acids is 1. The molecule has 0 aliphatic carbocycles. The van der Waals surface area contributed by atoms with Gasteiger partial charge in [-0.2, -0.15) is 0 Å². The third-order valence-corrected chi connectivity index (χ3v) is 3.05. The van der Waals surface area contributed by atoms with Crippen LogP contribution in [0.4, 0.5) is 16.2 Å². The maximum Gasteiger partial charge on any atom is 0.412 e. The van der Waals surface area contributed by atoms with Gasteiger partial charge in [0.25, 0.3) is 5.69 Å². The Kier molecular flexibility index (Phi) is 5.59. The summed E-state index contributed by atoms with van der Waals surface area (Å²) in [4.78, 5) is 22.5. The highest BCUT2D eigenvalue weighted by atomic mass is 16.6. The van der Waals surface area contributed by atoms with E-state index in [1.807, 2.05) is 30.3 Å². The van der Waals surface area contributed by atoms with Crippen LogP contribution in [-0.4, -0.2) is 16.6 Å². The minimum atomic E-state index is -0.756. The van der Waals surface area contributed by atoms with E-state index in [-0.39, 0.29) is 18.0 Å². The maximum atomic E-state index is 11.8. The summed E-state index contributed by atoms with van der Waals surface area (Å²) in [6, 6.07) is 13.7. The SMILES string of the molecule is CC(C)(C)OC(=O)Nc1ccc(OCc2ccccc2)cc1[N+](=O)[O-]. The van der Waals surface area contributed by atoms with Crippen molar-refractivity contribution in [3.8, 4) is 5.75 Å². The number of carbonyl (C=O) groups is 1. The molecule has 25 heavy (non-hydrogen) atoms. The van der Waals surface area contributed by atoms with E-state index in [0.717, 1.165) is 5.56 Å². The number of nitrogens with zero attached hydrogens (tertiary/aromatic N) is 1. The first-order valence-corrected chi connectivity index (χ1v) is 7.70. The Bertz CT molecular complexity index is 754. The highest BCUT2D eigenvalue weighted by Crippen LogP contribution is 2.30. The number of rotatable bonds is 5. The summed E-state index contributed by atoms with van der Waals surface area (Å²) in [6.45, 7) is 5.42. The molecular weight excluding hydrogens is 324 g/mol. The van der Waals surface area contributed by atoms with Gasteiger partial charge in [-0.15, -0.1) is 0 Å². The van der Waals surface area contributed by atoms with E-state index >= 15 is 0 Å². The molecule has 0 fully saturated rings. The number of amides is 1. The molecule has 1 amide bonds. The Hall–Kier alpha value is -3.09. The van der Waals surface area contributed by atoms with Crippen molar-refractivity contribution in [1.29, 1.82) is 0 Å². The average molecular weight is 344 g/mol. The van der Waals surface area contributed by atoms with Gasteiger partial charge in [0.05, 0.1) is 11.0 Å². The molecule has 0 spiro atoms. The lowest BCUT2D eigenvalue weighted by Gasteiger charge is -2.19. The summed E-state index contributed by atoms with van der Waals surface area (Å²) in [7, 11) is 0. The normalized spacial score (nSPS) is 10.8. The van der Waals surface area contributed by atoms with Crippen molar-refractivity contribution in [2.75, 3.05) is 5.32 Å². The van der Waals surface area contributed by atoms with E-state index in [2.05, 4.69) is 5.32 Å². The highest BCUT2D eigenvalue weighted by Gasteiger charge is 2.21. The van der Waals surface area contributed by atoms with Crippen molar-refractivity contribution in [3.63, 3.8) is 0 Å². The van der Waals surface area contributed by atoms with Crippen LogP contribution < -0.4 is 10.1 Å². The molecule has 132 valence electrons. The Balaban J connectivity index is 2.11. The zero-order valence-electron chi connectivity index (χ0n) is 14.3. The summed E-state index contributed by atoms with van der Waals surface area (Å²) < 4.78 is 10.7. The van der Waals surface area contributed by atoms with Crippen LogP contribution in [0.5, 0.6) is 5.75 Å². The predicted octanol–water partition coefficient (Wildman–Crippen LogP) is 4.52.